The second-order valence-electron chi connectivity index (χ2n) is 5.22. The highest BCUT2D eigenvalue weighted by atomic mass is 32.1. The van der Waals surface area contributed by atoms with Crippen molar-refractivity contribution in [3.05, 3.63) is 53.6 Å². The van der Waals surface area contributed by atoms with Crippen molar-refractivity contribution >= 4 is 21.6 Å². The Labute approximate surface area is 117 Å². The summed E-state index contributed by atoms with van der Waals surface area (Å²) in [6, 6.07) is 14.9. The van der Waals surface area contributed by atoms with Gasteiger partial charge in [-0.15, -0.1) is 11.3 Å². The maximum atomic E-state index is 4.76. The normalized spacial score (nSPS) is 11.4. The molecule has 1 aromatic heterocycles. The molecule has 96 valence electrons. The zero-order valence-corrected chi connectivity index (χ0v) is 12.3. The van der Waals surface area contributed by atoms with Gasteiger partial charge in [0.1, 0.15) is 5.01 Å². The Morgan fingerprint density at radius 2 is 1.79 bits per heavy atom. The minimum Gasteiger partial charge on any atom is -0.236 e. The molecule has 0 atom stereocenters. The van der Waals surface area contributed by atoms with Gasteiger partial charge in [0.25, 0.3) is 0 Å². The van der Waals surface area contributed by atoms with Crippen molar-refractivity contribution in [2.45, 2.75) is 26.7 Å². The van der Waals surface area contributed by atoms with Crippen LogP contribution in [0.25, 0.3) is 20.8 Å². The number of hydrogen-bond acceptors (Lipinski definition) is 2. The molecule has 0 amide bonds. The van der Waals surface area contributed by atoms with Crippen molar-refractivity contribution in [1.29, 1.82) is 0 Å². The molecule has 1 nitrogen and oxygen atoms in total. The van der Waals surface area contributed by atoms with Gasteiger partial charge >= 0.3 is 0 Å². The van der Waals surface area contributed by atoms with Crippen LogP contribution in [0.2, 0.25) is 0 Å². The van der Waals surface area contributed by atoms with Gasteiger partial charge in [-0.1, -0.05) is 44.2 Å². The number of nitrogens with zero attached hydrogens (tertiary/aromatic N) is 1. The molecular formula is C17H17NS. The van der Waals surface area contributed by atoms with Crippen LogP contribution in [0.5, 0.6) is 0 Å². The van der Waals surface area contributed by atoms with Gasteiger partial charge in [-0.25, -0.2) is 4.98 Å². The molecule has 1 heterocycles. The summed E-state index contributed by atoms with van der Waals surface area (Å²) in [7, 11) is 0. The van der Waals surface area contributed by atoms with E-state index in [2.05, 4.69) is 57.2 Å². The van der Waals surface area contributed by atoms with Crippen LogP contribution in [0, 0.1) is 6.92 Å². The van der Waals surface area contributed by atoms with Gasteiger partial charge in [0.15, 0.2) is 0 Å². The van der Waals surface area contributed by atoms with Crippen LogP contribution >= 0.6 is 11.3 Å². The predicted octanol–water partition coefficient (Wildman–Crippen LogP) is 5.40. The van der Waals surface area contributed by atoms with E-state index in [4.69, 9.17) is 4.98 Å². The fourth-order valence-corrected chi connectivity index (χ4v) is 3.42. The van der Waals surface area contributed by atoms with Gasteiger partial charge in [-0.05, 0) is 36.1 Å². The van der Waals surface area contributed by atoms with Gasteiger partial charge < -0.3 is 0 Å². The maximum absolute atomic E-state index is 4.76. The van der Waals surface area contributed by atoms with E-state index < -0.39 is 0 Å². The van der Waals surface area contributed by atoms with Crippen LogP contribution in [0.15, 0.2) is 42.5 Å². The number of benzene rings is 2. The van der Waals surface area contributed by atoms with E-state index in [9.17, 15) is 0 Å². The lowest BCUT2D eigenvalue weighted by atomic mass is 9.98. The van der Waals surface area contributed by atoms with Crippen LogP contribution in [0.4, 0.5) is 0 Å². The molecule has 3 aromatic rings. The summed E-state index contributed by atoms with van der Waals surface area (Å²) in [6.07, 6.45) is 0. The van der Waals surface area contributed by atoms with Gasteiger partial charge in [0, 0.05) is 5.56 Å². The standard InChI is InChI=1S/C17H17NS/c1-11(2)14-10-16-15(9-12(14)3)18-17(19-16)13-7-5-4-6-8-13/h4-11H,1-3H3. The van der Waals surface area contributed by atoms with Crippen LogP contribution in [0.3, 0.4) is 0 Å². The summed E-state index contributed by atoms with van der Waals surface area (Å²) >= 11 is 1.78. The minimum absolute atomic E-state index is 0.562. The first kappa shape index (κ1) is 12.4. The van der Waals surface area contributed by atoms with Gasteiger partial charge in [-0.3, -0.25) is 0 Å². The van der Waals surface area contributed by atoms with E-state index in [0.717, 1.165) is 10.5 Å². The van der Waals surface area contributed by atoms with Gasteiger partial charge in [0.05, 0.1) is 10.2 Å². The molecule has 2 aromatic carbocycles. The Morgan fingerprint density at radius 3 is 2.47 bits per heavy atom. The zero-order valence-electron chi connectivity index (χ0n) is 11.5. The highest BCUT2D eigenvalue weighted by Crippen LogP contribution is 2.33. The molecule has 0 aliphatic heterocycles. The maximum Gasteiger partial charge on any atom is 0.124 e. The average Bonchev–Trinajstić information content (AvgIpc) is 2.81. The molecule has 0 fully saturated rings. The van der Waals surface area contributed by atoms with Crippen LogP contribution in [-0.2, 0) is 0 Å². The van der Waals surface area contributed by atoms with E-state index in [0.29, 0.717) is 5.92 Å². The van der Waals surface area contributed by atoms with Crippen LogP contribution < -0.4 is 0 Å². The molecule has 0 saturated heterocycles. The first-order valence-corrected chi connectivity index (χ1v) is 7.43. The van der Waals surface area contributed by atoms with Crippen molar-refractivity contribution in [2.24, 2.45) is 0 Å². The SMILES string of the molecule is Cc1cc2nc(-c3ccccc3)sc2cc1C(C)C. The Kier molecular flexibility index (Phi) is 3.11. The molecule has 3 rings (SSSR count). The molecule has 0 unspecified atom stereocenters. The molecule has 0 spiro atoms. The Balaban J connectivity index is 2.16. The fraction of sp³-hybridized carbons (Fsp3) is 0.235. The third-order valence-electron chi connectivity index (χ3n) is 3.42. The first-order chi connectivity index (χ1) is 9.15. The summed E-state index contributed by atoms with van der Waals surface area (Å²) in [5, 5.41) is 1.11. The van der Waals surface area contributed by atoms with E-state index in [1.165, 1.54) is 21.4 Å². The Bertz CT molecular complexity index is 711. The number of rotatable bonds is 2. The quantitative estimate of drug-likeness (QED) is 0.606. The smallest absolute Gasteiger partial charge is 0.124 e. The lowest BCUT2D eigenvalue weighted by Gasteiger charge is -2.08. The van der Waals surface area contributed by atoms with Crippen molar-refractivity contribution < 1.29 is 0 Å². The summed E-state index contributed by atoms with van der Waals surface area (Å²) in [4.78, 5) is 4.76. The second-order valence-corrected chi connectivity index (χ2v) is 6.25. The first-order valence-electron chi connectivity index (χ1n) is 6.61. The van der Waals surface area contributed by atoms with E-state index in [1.54, 1.807) is 11.3 Å². The molecule has 0 N–H and O–H groups in total. The highest BCUT2D eigenvalue weighted by molar-refractivity contribution is 7.21. The van der Waals surface area contributed by atoms with Gasteiger partial charge in [0.2, 0.25) is 0 Å². The molecule has 0 bridgehead atoms. The monoisotopic (exact) mass is 267 g/mol. The third-order valence-corrected chi connectivity index (χ3v) is 4.49. The Morgan fingerprint density at radius 1 is 1.05 bits per heavy atom. The lowest BCUT2D eigenvalue weighted by Crippen LogP contribution is -1.91. The molecule has 0 aliphatic carbocycles. The van der Waals surface area contributed by atoms with Crippen molar-refractivity contribution in [3.8, 4) is 10.6 Å². The summed E-state index contributed by atoms with van der Waals surface area (Å²) in [6.45, 7) is 6.66. The number of aromatic nitrogens is 1. The van der Waals surface area contributed by atoms with Crippen molar-refractivity contribution in [2.75, 3.05) is 0 Å². The third kappa shape index (κ3) is 2.28. The zero-order chi connectivity index (χ0) is 13.4. The number of fused-ring (bicyclic) bond motifs is 1. The minimum atomic E-state index is 0.562. The van der Waals surface area contributed by atoms with E-state index in [1.807, 2.05) is 6.07 Å². The number of hydrogen-bond donors (Lipinski definition) is 0. The van der Waals surface area contributed by atoms with Crippen molar-refractivity contribution in [1.82, 2.24) is 4.98 Å². The molecule has 0 aliphatic rings. The lowest BCUT2D eigenvalue weighted by molar-refractivity contribution is 0.859. The molecule has 2 heteroatoms. The van der Waals surface area contributed by atoms with E-state index in [-0.39, 0.29) is 0 Å². The molecular weight excluding hydrogens is 250 g/mol. The average molecular weight is 267 g/mol. The van der Waals surface area contributed by atoms with Crippen LogP contribution in [0.1, 0.15) is 30.9 Å². The topological polar surface area (TPSA) is 12.9 Å². The molecule has 0 radical (unpaired) electrons. The number of aryl methyl sites for hydroxylation is 1. The highest BCUT2D eigenvalue weighted by Gasteiger charge is 2.10. The summed E-state index contributed by atoms with van der Waals surface area (Å²) in [5.41, 5.74) is 5.08. The van der Waals surface area contributed by atoms with Crippen LogP contribution in [-0.4, -0.2) is 4.98 Å². The molecule has 0 saturated carbocycles. The second kappa shape index (κ2) is 4.78. The summed E-state index contributed by atoms with van der Waals surface area (Å²) in [5.74, 6) is 0.562. The van der Waals surface area contributed by atoms with Gasteiger partial charge in [-0.2, -0.15) is 0 Å². The molecule has 19 heavy (non-hydrogen) atoms. The Hall–Kier alpha value is -1.67. The largest absolute Gasteiger partial charge is 0.236 e. The summed E-state index contributed by atoms with van der Waals surface area (Å²) < 4.78 is 1.29. The van der Waals surface area contributed by atoms with Crippen molar-refractivity contribution in [3.63, 3.8) is 0 Å². The predicted molar refractivity (Wildman–Crippen MR) is 83.9 cm³/mol. The van der Waals surface area contributed by atoms with E-state index >= 15 is 0 Å². The number of thiazole rings is 1. The fourth-order valence-electron chi connectivity index (χ4n) is 2.42.